The molecule has 28 heavy (non-hydrogen) atoms. The summed E-state index contributed by atoms with van der Waals surface area (Å²) in [5.74, 6) is 1.02. The summed E-state index contributed by atoms with van der Waals surface area (Å²) in [6.07, 6.45) is 0.385. The quantitative estimate of drug-likeness (QED) is 0.629. The average molecular weight is 408 g/mol. The van der Waals surface area contributed by atoms with Crippen LogP contribution < -0.4 is 14.4 Å². The third-order valence-corrected chi connectivity index (χ3v) is 6.64. The highest BCUT2D eigenvalue weighted by Crippen LogP contribution is 2.23. The molecule has 3 rings (SSSR count). The molecule has 0 amide bonds. The first-order valence-electron chi connectivity index (χ1n) is 9.23. The minimum absolute atomic E-state index is 0.0351. The number of nitrogens with zero attached hydrogens (tertiary/aromatic N) is 2. The van der Waals surface area contributed by atoms with Crippen LogP contribution in [-0.2, 0) is 10.0 Å². The molecule has 1 aliphatic heterocycles. The molecule has 0 aliphatic carbocycles. The van der Waals surface area contributed by atoms with E-state index in [0.717, 1.165) is 11.4 Å². The summed E-state index contributed by atoms with van der Waals surface area (Å²) >= 11 is 0. The van der Waals surface area contributed by atoms with E-state index >= 15 is 0 Å². The van der Waals surface area contributed by atoms with Crippen LogP contribution in [0.25, 0.3) is 0 Å². The van der Waals surface area contributed by atoms with E-state index in [1.54, 1.807) is 11.4 Å². The van der Waals surface area contributed by atoms with Gasteiger partial charge >= 0.3 is 0 Å². The lowest BCUT2D eigenvalue weighted by molar-refractivity contribution is 0.314. The van der Waals surface area contributed by atoms with E-state index in [1.165, 1.54) is 24.3 Å². The topological polar surface area (TPSA) is 59.1 Å². The second kappa shape index (κ2) is 9.25. The normalized spacial score (nSPS) is 15.4. The summed E-state index contributed by atoms with van der Waals surface area (Å²) in [5, 5.41) is 0. The molecule has 152 valence electrons. The van der Waals surface area contributed by atoms with Crippen molar-refractivity contribution in [2.75, 3.05) is 50.5 Å². The largest absolute Gasteiger partial charge is 0.497 e. The van der Waals surface area contributed by atoms with Gasteiger partial charge in [0.15, 0.2) is 0 Å². The van der Waals surface area contributed by atoms with E-state index in [2.05, 4.69) is 4.90 Å². The number of methoxy groups -OCH3 is 1. The molecule has 0 radical (unpaired) electrons. The summed E-state index contributed by atoms with van der Waals surface area (Å²) in [5.41, 5.74) is 1.03. The molecule has 1 heterocycles. The monoisotopic (exact) mass is 408 g/mol. The zero-order valence-electron chi connectivity index (χ0n) is 15.9. The second-order valence-corrected chi connectivity index (χ2v) is 8.65. The van der Waals surface area contributed by atoms with E-state index < -0.39 is 10.0 Å². The van der Waals surface area contributed by atoms with Crippen molar-refractivity contribution >= 4 is 15.7 Å². The summed E-state index contributed by atoms with van der Waals surface area (Å²) in [7, 11) is -1.69. The van der Waals surface area contributed by atoms with E-state index in [-0.39, 0.29) is 18.2 Å². The number of sulfonamides is 1. The number of piperazine rings is 1. The van der Waals surface area contributed by atoms with Gasteiger partial charge in [-0.25, -0.2) is 12.8 Å². The van der Waals surface area contributed by atoms with Crippen molar-refractivity contribution in [3.8, 4) is 11.5 Å². The molecule has 0 unspecified atom stereocenters. The number of rotatable bonds is 8. The van der Waals surface area contributed by atoms with Crippen molar-refractivity contribution in [1.82, 2.24) is 4.31 Å². The molecule has 1 fully saturated rings. The first kappa shape index (κ1) is 20.4. The van der Waals surface area contributed by atoms with Gasteiger partial charge in [-0.3, -0.25) is 0 Å². The van der Waals surface area contributed by atoms with Crippen molar-refractivity contribution < 1.29 is 22.3 Å². The molecule has 2 aromatic carbocycles. The van der Waals surface area contributed by atoms with E-state index in [1.807, 2.05) is 24.3 Å². The Morgan fingerprint density at radius 3 is 2.39 bits per heavy atom. The van der Waals surface area contributed by atoms with Crippen LogP contribution in [0.5, 0.6) is 11.5 Å². The molecule has 0 N–H and O–H groups in total. The zero-order chi connectivity index (χ0) is 20.0. The van der Waals surface area contributed by atoms with Gasteiger partial charge in [0.25, 0.3) is 0 Å². The van der Waals surface area contributed by atoms with E-state index in [9.17, 15) is 12.8 Å². The Morgan fingerprint density at radius 2 is 1.71 bits per heavy atom. The first-order chi connectivity index (χ1) is 13.5. The van der Waals surface area contributed by atoms with Crippen molar-refractivity contribution in [2.45, 2.75) is 6.42 Å². The fraction of sp³-hybridized carbons (Fsp3) is 0.400. The first-order valence-corrected chi connectivity index (χ1v) is 10.8. The predicted molar refractivity (Wildman–Crippen MR) is 107 cm³/mol. The van der Waals surface area contributed by atoms with Crippen molar-refractivity contribution in [2.24, 2.45) is 0 Å². The number of ether oxygens (including phenoxy) is 2. The lowest BCUT2D eigenvalue weighted by Gasteiger charge is -2.35. The third-order valence-electron chi connectivity index (χ3n) is 4.68. The van der Waals surface area contributed by atoms with Gasteiger partial charge in [-0.2, -0.15) is 4.31 Å². The highest BCUT2D eigenvalue weighted by atomic mass is 32.2. The highest BCUT2D eigenvalue weighted by Gasteiger charge is 2.26. The number of hydrogen-bond donors (Lipinski definition) is 0. The molecule has 0 spiro atoms. The van der Waals surface area contributed by atoms with Gasteiger partial charge in [-0.15, -0.1) is 0 Å². The molecule has 0 saturated carbocycles. The SMILES string of the molecule is COc1cccc(N2CCN(S(=O)(=O)CCCOc3ccc(F)cc3)CC2)c1. The molecule has 0 atom stereocenters. The molecular weight excluding hydrogens is 383 g/mol. The lowest BCUT2D eigenvalue weighted by Crippen LogP contribution is -2.49. The lowest BCUT2D eigenvalue weighted by atomic mass is 10.2. The Balaban J connectivity index is 1.45. The number of benzene rings is 2. The molecule has 1 saturated heterocycles. The summed E-state index contributed by atoms with van der Waals surface area (Å²) in [4.78, 5) is 2.16. The Labute approximate surface area is 165 Å². The van der Waals surface area contributed by atoms with Gasteiger partial charge < -0.3 is 14.4 Å². The molecule has 1 aliphatic rings. The van der Waals surface area contributed by atoms with Crippen LogP contribution in [-0.4, -0.2) is 58.4 Å². The van der Waals surface area contributed by atoms with Crippen LogP contribution in [0.3, 0.4) is 0 Å². The van der Waals surface area contributed by atoms with Gasteiger partial charge in [0.1, 0.15) is 17.3 Å². The molecule has 8 heteroatoms. The molecule has 2 aromatic rings. The van der Waals surface area contributed by atoms with Crippen LogP contribution in [0, 0.1) is 5.82 Å². The van der Waals surface area contributed by atoms with Crippen molar-refractivity contribution in [3.63, 3.8) is 0 Å². The number of halogens is 1. The molecule has 0 bridgehead atoms. The van der Waals surface area contributed by atoms with Gasteiger partial charge in [0.2, 0.25) is 10.0 Å². The van der Waals surface area contributed by atoms with Crippen LogP contribution in [0.15, 0.2) is 48.5 Å². The van der Waals surface area contributed by atoms with Crippen LogP contribution in [0.4, 0.5) is 10.1 Å². The minimum atomic E-state index is -3.32. The summed E-state index contributed by atoms with van der Waals surface area (Å²) in [6.45, 7) is 2.46. The van der Waals surface area contributed by atoms with Crippen molar-refractivity contribution in [3.05, 3.63) is 54.3 Å². The number of anilines is 1. The van der Waals surface area contributed by atoms with Crippen LogP contribution >= 0.6 is 0 Å². The predicted octanol–water partition coefficient (Wildman–Crippen LogP) is 2.76. The van der Waals surface area contributed by atoms with Crippen LogP contribution in [0.1, 0.15) is 6.42 Å². The standard InChI is InChI=1S/C20H25FN2O4S/c1-26-20-5-2-4-18(16-20)22-10-12-23(13-11-22)28(24,25)15-3-14-27-19-8-6-17(21)7-9-19/h2,4-9,16H,3,10-15H2,1H3. The van der Waals surface area contributed by atoms with Crippen LogP contribution in [0.2, 0.25) is 0 Å². The molecule has 6 nitrogen and oxygen atoms in total. The Kier molecular flexibility index (Phi) is 6.74. The maximum atomic E-state index is 12.9. The maximum Gasteiger partial charge on any atom is 0.214 e. The second-order valence-electron chi connectivity index (χ2n) is 6.56. The Hall–Kier alpha value is -2.32. The third kappa shape index (κ3) is 5.36. The van der Waals surface area contributed by atoms with E-state index in [4.69, 9.17) is 9.47 Å². The van der Waals surface area contributed by atoms with Gasteiger partial charge in [-0.1, -0.05) is 6.07 Å². The minimum Gasteiger partial charge on any atom is -0.497 e. The highest BCUT2D eigenvalue weighted by molar-refractivity contribution is 7.89. The van der Waals surface area contributed by atoms with E-state index in [0.29, 0.717) is 38.3 Å². The Bertz CT molecular complexity index is 866. The van der Waals surface area contributed by atoms with Gasteiger partial charge in [-0.05, 0) is 42.8 Å². The average Bonchev–Trinajstić information content (AvgIpc) is 2.72. The maximum absolute atomic E-state index is 12.9. The molecule has 0 aromatic heterocycles. The number of hydrogen-bond acceptors (Lipinski definition) is 5. The van der Waals surface area contributed by atoms with Crippen molar-refractivity contribution in [1.29, 1.82) is 0 Å². The fourth-order valence-corrected chi connectivity index (χ4v) is 4.58. The Morgan fingerprint density at radius 1 is 1.00 bits per heavy atom. The fourth-order valence-electron chi connectivity index (χ4n) is 3.12. The smallest absolute Gasteiger partial charge is 0.214 e. The zero-order valence-corrected chi connectivity index (χ0v) is 16.7. The van der Waals surface area contributed by atoms with Gasteiger partial charge in [0.05, 0.1) is 19.5 Å². The summed E-state index contributed by atoms with van der Waals surface area (Å²) < 4.78 is 50.3. The van der Waals surface area contributed by atoms with Gasteiger partial charge in [0, 0.05) is 37.9 Å². The molecular formula is C20H25FN2O4S. The summed E-state index contributed by atoms with van der Waals surface area (Å²) in [6, 6.07) is 13.5.